The maximum atomic E-state index is 10.7. The first kappa shape index (κ1) is 15.0. The summed E-state index contributed by atoms with van der Waals surface area (Å²) in [4.78, 5) is 4.27. The number of para-hydroxylation sites is 1. The van der Waals surface area contributed by atoms with Gasteiger partial charge in [-0.15, -0.1) is 0 Å². The van der Waals surface area contributed by atoms with Gasteiger partial charge < -0.3 is 9.47 Å². The molecule has 1 aromatic heterocycles. The number of aromatic nitrogens is 1. The lowest BCUT2D eigenvalue weighted by Gasteiger charge is -2.07. The summed E-state index contributed by atoms with van der Waals surface area (Å²) in [5, 5.41) is 0.999. The van der Waals surface area contributed by atoms with E-state index >= 15 is 0 Å². The summed E-state index contributed by atoms with van der Waals surface area (Å²) < 4.78 is 31.9. The molecule has 0 fully saturated rings. The molecule has 108 valence electrons. The standard InChI is InChI=1S/C13H14ClNO4S/c14-20(16,17)8-7-18-5-6-19-12-9-11-3-1-2-4-13(11)15-10-12/h1-4,9-10H,5-8H2. The van der Waals surface area contributed by atoms with Gasteiger partial charge in [-0.05, 0) is 12.1 Å². The lowest BCUT2D eigenvalue weighted by atomic mass is 10.2. The Hall–Kier alpha value is -1.37. The normalized spacial score (nSPS) is 11.7. The molecule has 0 amide bonds. The predicted molar refractivity (Wildman–Crippen MR) is 77.7 cm³/mol. The molecule has 5 nitrogen and oxygen atoms in total. The zero-order valence-electron chi connectivity index (χ0n) is 10.7. The van der Waals surface area contributed by atoms with Crippen LogP contribution in [0.1, 0.15) is 0 Å². The highest BCUT2D eigenvalue weighted by atomic mass is 35.7. The average molecular weight is 316 g/mol. The maximum absolute atomic E-state index is 10.7. The summed E-state index contributed by atoms with van der Waals surface area (Å²) in [5.74, 6) is 0.448. The molecular formula is C13H14ClNO4S. The van der Waals surface area contributed by atoms with Gasteiger partial charge in [-0.2, -0.15) is 0 Å². The van der Waals surface area contributed by atoms with Crippen LogP contribution in [0.3, 0.4) is 0 Å². The van der Waals surface area contributed by atoms with E-state index in [1.54, 1.807) is 6.20 Å². The highest BCUT2D eigenvalue weighted by molar-refractivity contribution is 8.13. The number of halogens is 1. The van der Waals surface area contributed by atoms with Crippen molar-refractivity contribution in [2.24, 2.45) is 0 Å². The van der Waals surface area contributed by atoms with Crippen molar-refractivity contribution >= 4 is 30.6 Å². The van der Waals surface area contributed by atoms with E-state index in [2.05, 4.69) is 4.98 Å². The van der Waals surface area contributed by atoms with E-state index in [1.807, 2.05) is 30.3 Å². The molecule has 0 spiro atoms. The number of ether oxygens (including phenoxy) is 2. The first-order valence-electron chi connectivity index (χ1n) is 6.02. The van der Waals surface area contributed by atoms with Crippen LogP contribution in [-0.2, 0) is 13.8 Å². The molecule has 2 aromatic rings. The second kappa shape index (κ2) is 6.88. The van der Waals surface area contributed by atoms with Crippen LogP contribution in [0.25, 0.3) is 10.9 Å². The molecule has 0 saturated heterocycles. The van der Waals surface area contributed by atoms with Gasteiger partial charge in [0.05, 0.1) is 30.7 Å². The monoisotopic (exact) mass is 315 g/mol. The zero-order valence-corrected chi connectivity index (χ0v) is 12.2. The molecule has 20 heavy (non-hydrogen) atoms. The molecule has 2 rings (SSSR count). The summed E-state index contributed by atoms with van der Waals surface area (Å²) >= 11 is 0. The van der Waals surface area contributed by atoms with Crippen LogP contribution < -0.4 is 4.74 Å². The second-order valence-corrected chi connectivity index (χ2v) is 6.96. The van der Waals surface area contributed by atoms with Crippen molar-refractivity contribution in [3.63, 3.8) is 0 Å². The van der Waals surface area contributed by atoms with Gasteiger partial charge >= 0.3 is 0 Å². The molecule has 0 aliphatic carbocycles. The number of hydrogen-bond acceptors (Lipinski definition) is 5. The van der Waals surface area contributed by atoms with Crippen molar-refractivity contribution in [1.82, 2.24) is 4.98 Å². The Labute approximate surface area is 121 Å². The number of hydrogen-bond donors (Lipinski definition) is 0. The Balaban J connectivity index is 1.76. The topological polar surface area (TPSA) is 65.5 Å². The van der Waals surface area contributed by atoms with E-state index in [0.29, 0.717) is 19.0 Å². The van der Waals surface area contributed by atoms with Crippen LogP contribution >= 0.6 is 10.7 Å². The number of benzene rings is 1. The van der Waals surface area contributed by atoms with Crippen LogP contribution in [0.2, 0.25) is 0 Å². The molecule has 0 aliphatic rings. The Morgan fingerprint density at radius 2 is 1.95 bits per heavy atom. The molecule has 0 saturated carbocycles. The fourth-order valence-electron chi connectivity index (χ4n) is 1.61. The average Bonchev–Trinajstić information content (AvgIpc) is 2.41. The van der Waals surface area contributed by atoms with Crippen LogP contribution in [0.5, 0.6) is 5.75 Å². The van der Waals surface area contributed by atoms with E-state index in [0.717, 1.165) is 10.9 Å². The van der Waals surface area contributed by atoms with Gasteiger partial charge in [-0.25, -0.2) is 8.42 Å². The third-order valence-corrected chi connectivity index (χ3v) is 3.65. The van der Waals surface area contributed by atoms with Gasteiger partial charge in [-0.1, -0.05) is 18.2 Å². The third-order valence-electron chi connectivity index (χ3n) is 2.53. The number of pyridine rings is 1. The van der Waals surface area contributed by atoms with Crippen molar-refractivity contribution in [3.8, 4) is 5.75 Å². The quantitative estimate of drug-likeness (QED) is 0.579. The third kappa shape index (κ3) is 4.96. The molecule has 0 aliphatic heterocycles. The molecule has 7 heteroatoms. The van der Waals surface area contributed by atoms with Gasteiger partial charge in [0.2, 0.25) is 9.05 Å². The fraction of sp³-hybridized carbons (Fsp3) is 0.308. The maximum Gasteiger partial charge on any atom is 0.234 e. The number of rotatable bonds is 7. The molecule has 0 bridgehead atoms. The second-order valence-electron chi connectivity index (χ2n) is 4.07. The lowest BCUT2D eigenvalue weighted by Crippen LogP contribution is -2.12. The summed E-state index contributed by atoms with van der Waals surface area (Å²) in [7, 11) is 1.56. The molecular weight excluding hydrogens is 302 g/mol. The SMILES string of the molecule is O=S(=O)(Cl)CCOCCOc1cnc2ccccc2c1. The minimum absolute atomic E-state index is 0.0607. The van der Waals surface area contributed by atoms with Gasteiger partial charge in [-0.3, -0.25) is 4.98 Å². The van der Waals surface area contributed by atoms with Gasteiger partial charge in [0.25, 0.3) is 0 Å². The number of nitrogens with zero attached hydrogens (tertiary/aromatic N) is 1. The van der Waals surface area contributed by atoms with Crippen molar-refractivity contribution in [1.29, 1.82) is 0 Å². The van der Waals surface area contributed by atoms with Crippen molar-refractivity contribution < 1.29 is 17.9 Å². The minimum atomic E-state index is -3.49. The Kier molecular flexibility index (Phi) is 5.17. The fourth-order valence-corrected chi connectivity index (χ4v) is 2.11. The first-order valence-corrected chi connectivity index (χ1v) is 8.50. The summed E-state index contributed by atoms with van der Waals surface area (Å²) in [6, 6.07) is 9.63. The largest absolute Gasteiger partial charge is 0.490 e. The van der Waals surface area contributed by atoms with E-state index < -0.39 is 9.05 Å². The minimum Gasteiger partial charge on any atom is -0.490 e. The predicted octanol–water partition coefficient (Wildman–Crippen LogP) is 2.20. The van der Waals surface area contributed by atoms with E-state index in [4.69, 9.17) is 20.2 Å². The highest BCUT2D eigenvalue weighted by Gasteiger charge is 2.04. The summed E-state index contributed by atoms with van der Waals surface area (Å²) in [6.45, 7) is 0.673. The molecule has 0 radical (unpaired) electrons. The van der Waals surface area contributed by atoms with Gasteiger partial charge in [0.15, 0.2) is 0 Å². The van der Waals surface area contributed by atoms with Gasteiger partial charge in [0, 0.05) is 16.1 Å². The first-order chi connectivity index (χ1) is 9.54. The van der Waals surface area contributed by atoms with E-state index in [-0.39, 0.29) is 12.4 Å². The van der Waals surface area contributed by atoms with Crippen molar-refractivity contribution in [3.05, 3.63) is 36.5 Å². The Bertz CT molecular complexity index is 675. The van der Waals surface area contributed by atoms with E-state index in [1.165, 1.54) is 0 Å². The van der Waals surface area contributed by atoms with Gasteiger partial charge in [0.1, 0.15) is 12.4 Å². The number of fused-ring (bicyclic) bond motifs is 1. The Morgan fingerprint density at radius 3 is 2.75 bits per heavy atom. The van der Waals surface area contributed by atoms with Crippen LogP contribution in [0, 0.1) is 0 Å². The van der Waals surface area contributed by atoms with Crippen LogP contribution in [0.4, 0.5) is 0 Å². The summed E-state index contributed by atoms with van der Waals surface area (Å²) in [5.41, 5.74) is 0.906. The molecule has 1 aromatic carbocycles. The molecule has 0 N–H and O–H groups in total. The molecule has 0 unspecified atom stereocenters. The van der Waals surface area contributed by atoms with Crippen LogP contribution in [0.15, 0.2) is 36.5 Å². The van der Waals surface area contributed by atoms with Crippen molar-refractivity contribution in [2.75, 3.05) is 25.6 Å². The Morgan fingerprint density at radius 1 is 1.15 bits per heavy atom. The molecule has 0 atom stereocenters. The van der Waals surface area contributed by atoms with Crippen molar-refractivity contribution in [2.45, 2.75) is 0 Å². The van der Waals surface area contributed by atoms with E-state index in [9.17, 15) is 8.42 Å². The summed E-state index contributed by atoms with van der Waals surface area (Å²) in [6.07, 6.45) is 1.64. The van der Waals surface area contributed by atoms with Crippen LogP contribution in [-0.4, -0.2) is 39.0 Å². The highest BCUT2D eigenvalue weighted by Crippen LogP contribution is 2.17. The zero-order chi connectivity index (χ0) is 14.4. The lowest BCUT2D eigenvalue weighted by molar-refractivity contribution is 0.111. The smallest absolute Gasteiger partial charge is 0.234 e. The molecule has 1 heterocycles.